The van der Waals surface area contributed by atoms with E-state index in [1.807, 2.05) is 0 Å². The van der Waals surface area contributed by atoms with Crippen LogP contribution in [0.15, 0.2) is 0 Å². The van der Waals surface area contributed by atoms with Gasteiger partial charge in [0.25, 0.3) is 5.24 Å². The Labute approximate surface area is 57.4 Å². The van der Waals surface area contributed by atoms with Crippen molar-refractivity contribution in [3.8, 4) is 0 Å². The molecule has 2 amide bonds. The summed E-state index contributed by atoms with van der Waals surface area (Å²) < 4.78 is 0. The van der Waals surface area contributed by atoms with Crippen molar-refractivity contribution in [2.45, 2.75) is 12.2 Å². The van der Waals surface area contributed by atoms with Crippen molar-refractivity contribution in [2.75, 3.05) is 7.05 Å². The lowest BCUT2D eigenvalue weighted by Crippen LogP contribution is -2.25. The summed E-state index contributed by atoms with van der Waals surface area (Å²) in [5.41, 5.74) is 0. The second-order valence-electron chi connectivity index (χ2n) is 1.92. The van der Waals surface area contributed by atoms with E-state index in [0.717, 1.165) is 16.7 Å². The highest BCUT2D eigenvalue weighted by molar-refractivity contribution is 8.15. The maximum atomic E-state index is 10.8. The van der Waals surface area contributed by atoms with Gasteiger partial charge in [0.1, 0.15) is 0 Å². The number of rotatable bonds is 0. The molecule has 0 spiro atoms. The number of nitrogens with zero attached hydrogens (tertiary/aromatic N) is 1. The van der Waals surface area contributed by atoms with Gasteiger partial charge in [0, 0.05) is 7.05 Å². The predicted molar refractivity (Wildman–Crippen MR) is 35.2 cm³/mol. The third-order valence-electron chi connectivity index (χ3n) is 1.23. The first kappa shape index (κ1) is 6.61. The lowest BCUT2D eigenvalue weighted by atomic mass is 10.4. The molecule has 0 saturated carbocycles. The van der Waals surface area contributed by atoms with Crippen LogP contribution in [0.1, 0.15) is 6.92 Å². The van der Waals surface area contributed by atoms with E-state index in [2.05, 4.69) is 0 Å². The number of hydrogen-bond donors (Lipinski definition) is 0. The molecule has 3 nitrogen and oxygen atoms in total. The SMILES string of the molecule is CC1SC(=O)N(C)C1=O. The van der Waals surface area contributed by atoms with Crippen LogP contribution in [0.3, 0.4) is 0 Å². The molecule has 4 heteroatoms. The molecule has 0 aromatic heterocycles. The molecule has 0 aromatic rings. The molecule has 1 atom stereocenters. The summed E-state index contributed by atoms with van der Waals surface area (Å²) in [4.78, 5) is 22.6. The molecule has 50 valence electrons. The minimum Gasteiger partial charge on any atom is -0.276 e. The average Bonchev–Trinajstić information content (AvgIpc) is 1.98. The maximum Gasteiger partial charge on any atom is 0.288 e. The standard InChI is InChI=1S/C5H7NO2S/c1-3-4(7)6(2)5(8)9-3/h3H,1-2H3. The topological polar surface area (TPSA) is 37.4 Å². The van der Waals surface area contributed by atoms with E-state index in [0.29, 0.717) is 0 Å². The van der Waals surface area contributed by atoms with E-state index in [1.165, 1.54) is 7.05 Å². The van der Waals surface area contributed by atoms with Crippen LogP contribution >= 0.6 is 11.8 Å². The highest BCUT2D eigenvalue weighted by Gasteiger charge is 2.33. The summed E-state index contributed by atoms with van der Waals surface area (Å²) in [6, 6.07) is 0. The Morgan fingerprint density at radius 3 is 2.22 bits per heavy atom. The van der Waals surface area contributed by atoms with E-state index >= 15 is 0 Å². The molecule has 1 fully saturated rings. The zero-order chi connectivity index (χ0) is 7.02. The number of carbonyl (C=O) groups excluding carboxylic acids is 2. The fraction of sp³-hybridized carbons (Fsp3) is 0.600. The van der Waals surface area contributed by atoms with Gasteiger partial charge in [-0.2, -0.15) is 0 Å². The van der Waals surface area contributed by atoms with Gasteiger partial charge in [-0.1, -0.05) is 11.8 Å². The smallest absolute Gasteiger partial charge is 0.276 e. The van der Waals surface area contributed by atoms with Crippen LogP contribution in [0.5, 0.6) is 0 Å². The molecule has 0 bridgehead atoms. The van der Waals surface area contributed by atoms with Gasteiger partial charge in [0.05, 0.1) is 5.25 Å². The monoisotopic (exact) mass is 145 g/mol. The van der Waals surface area contributed by atoms with Gasteiger partial charge >= 0.3 is 0 Å². The van der Waals surface area contributed by atoms with E-state index < -0.39 is 0 Å². The summed E-state index contributed by atoms with van der Waals surface area (Å²) in [7, 11) is 1.50. The number of carbonyl (C=O) groups is 2. The van der Waals surface area contributed by atoms with Gasteiger partial charge in [-0.3, -0.25) is 14.5 Å². The molecular formula is C5H7NO2S. The minimum absolute atomic E-state index is 0.0926. The fourth-order valence-electron chi connectivity index (χ4n) is 0.643. The molecular weight excluding hydrogens is 138 g/mol. The van der Waals surface area contributed by atoms with Crippen molar-refractivity contribution in [1.82, 2.24) is 4.90 Å². The van der Waals surface area contributed by atoms with Crippen LogP contribution in [0.2, 0.25) is 0 Å². The Hall–Kier alpha value is -0.510. The Balaban J connectivity index is 2.77. The van der Waals surface area contributed by atoms with E-state index in [9.17, 15) is 9.59 Å². The molecule has 1 rings (SSSR count). The summed E-state index contributed by atoms with van der Waals surface area (Å²) in [6.45, 7) is 1.73. The number of thioether (sulfide) groups is 1. The van der Waals surface area contributed by atoms with Gasteiger partial charge in [-0.05, 0) is 6.92 Å². The molecule has 1 heterocycles. The van der Waals surface area contributed by atoms with Gasteiger partial charge in [0.15, 0.2) is 0 Å². The molecule has 1 aliphatic heterocycles. The lowest BCUT2D eigenvalue weighted by Gasteiger charge is -2.01. The van der Waals surface area contributed by atoms with Crippen LogP contribution in [-0.2, 0) is 4.79 Å². The van der Waals surface area contributed by atoms with Crippen molar-refractivity contribution < 1.29 is 9.59 Å². The normalized spacial score (nSPS) is 27.8. The Kier molecular flexibility index (Phi) is 1.48. The van der Waals surface area contributed by atoms with Crippen molar-refractivity contribution in [1.29, 1.82) is 0 Å². The Bertz CT molecular complexity index is 168. The van der Waals surface area contributed by atoms with Crippen molar-refractivity contribution in [3.05, 3.63) is 0 Å². The molecule has 1 aliphatic rings. The number of amides is 2. The van der Waals surface area contributed by atoms with Crippen molar-refractivity contribution >= 4 is 22.9 Å². The van der Waals surface area contributed by atoms with E-state index in [-0.39, 0.29) is 16.4 Å². The highest BCUT2D eigenvalue weighted by atomic mass is 32.2. The third kappa shape index (κ3) is 0.941. The van der Waals surface area contributed by atoms with Gasteiger partial charge < -0.3 is 0 Å². The first-order valence-corrected chi connectivity index (χ1v) is 3.49. The van der Waals surface area contributed by atoms with Crippen LogP contribution in [0, 0.1) is 0 Å². The number of hydrogen-bond acceptors (Lipinski definition) is 3. The third-order valence-corrected chi connectivity index (χ3v) is 2.26. The van der Waals surface area contributed by atoms with Crippen molar-refractivity contribution in [2.24, 2.45) is 0 Å². The summed E-state index contributed by atoms with van der Waals surface area (Å²) >= 11 is 1.07. The molecule has 1 unspecified atom stereocenters. The Morgan fingerprint density at radius 1 is 1.56 bits per heavy atom. The lowest BCUT2D eigenvalue weighted by molar-refractivity contribution is -0.125. The first-order valence-electron chi connectivity index (χ1n) is 2.61. The second kappa shape index (κ2) is 2.02. The van der Waals surface area contributed by atoms with Crippen LogP contribution < -0.4 is 0 Å². The molecule has 1 saturated heterocycles. The van der Waals surface area contributed by atoms with Gasteiger partial charge in [-0.15, -0.1) is 0 Å². The molecule has 0 aromatic carbocycles. The first-order chi connectivity index (χ1) is 4.13. The van der Waals surface area contributed by atoms with E-state index in [1.54, 1.807) is 6.92 Å². The van der Waals surface area contributed by atoms with E-state index in [4.69, 9.17) is 0 Å². The Morgan fingerprint density at radius 2 is 2.11 bits per heavy atom. The van der Waals surface area contributed by atoms with Crippen molar-refractivity contribution in [3.63, 3.8) is 0 Å². The molecule has 0 radical (unpaired) electrons. The van der Waals surface area contributed by atoms with Crippen LogP contribution in [0.4, 0.5) is 4.79 Å². The van der Waals surface area contributed by atoms with Gasteiger partial charge in [0.2, 0.25) is 5.91 Å². The zero-order valence-corrected chi connectivity index (χ0v) is 6.07. The summed E-state index contributed by atoms with van der Waals surface area (Å²) in [6.07, 6.45) is 0. The van der Waals surface area contributed by atoms with Crippen LogP contribution in [-0.4, -0.2) is 28.3 Å². The largest absolute Gasteiger partial charge is 0.288 e. The number of imide groups is 1. The molecule has 9 heavy (non-hydrogen) atoms. The minimum atomic E-state index is -0.178. The van der Waals surface area contributed by atoms with Gasteiger partial charge in [-0.25, -0.2) is 0 Å². The predicted octanol–water partition coefficient (Wildman–Crippen LogP) is 0.700. The molecule has 0 aliphatic carbocycles. The maximum absolute atomic E-state index is 10.8. The highest BCUT2D eigenvalue weighted by Crippen LogP contribution is 2.24. The second-order valence-corrected chi connectivity index (χ2v) is 3.22. The van der Waals surface area contributed by atoms with Crippen LogP contribution in [0.25, 0.3) is 0 Å². The quantitative estimate of drug-likeness (QED) is 0.503. The zero-order valence-electron chi connectivity index (χ0n) is 5.25. The average molecular weight is 145 g/mol. The summed E-state index contributed by atoms with van der Waals surface area (Å²) in [5.74, 6) is -0.0926. The summed E-state index contributed by atoms with van der Waals surface area (Å²) in [5, 5.41) is -0.324. The molecule has 0 N–H and O–H groups in total. The fourth-order valence-corrected chi connectivity index (χ4v) is 1.45.